The Morgan fingerprint density at radius 3 is 2.27 bits per heavy atom. The van der Waals surface area contributed by atoms with Crippen LogP contribution in [-0.4, -0.2) is 64.6 Å². The highest BCUT2D eigenvalue weighted by atomic mass is 35.5. The number of nitrogens with one attached hydrogen (secondary N) is 1. The van der Waals surface area contributed by atoms with Gasteiger partial charge in [-0.1, -0.05) is 54.1 Å². The van der Waals surface area contributed by atoms with E-state index >= 15 is 0 Å². The van der Waals surface area contributed by atoms with Crippen molar-refractivity contribution in [1.82, 2.24) is 13.9 Å². The van der Waals surface area contributed by atoms with Crippen molar-refractivity contribution in [2.45, 2.75) is 35.6 Å². The van der Waals surface area contributed by atoms with Crippen LogP contribution in [0.15, 0.2) is 82.6 Å². The normalized spacial score (nSPS) is 14.4. The van der Waals surface area contributed by atoms with Crippen molar-refractivity contribution in [3.63, 3.8) is 0 Å². The van der Waals surface area contributed by atoms with Crippen LogP contribution in [0.2, 0.25) is 5.02 Å². The Bertz CT molecular complexity index is 1530. The highest BCUT2D eigenvalue weighted by Gasteiger charge is 2.30. The average molecular weight is 606 g/mol. The number of hydrogen-bond acceptors (Lipinski definition) is 6. The first-order chi connectivity index (χ1) is 19.1. The first-order valence-corrected chi connectivity index (χ1v) is 16.1. The summed E-state index contributed by atoms with van der Waals surface area (Å²) in [5.41, 5.74) is 1.56. The number of rotatable bonds is 12. The zero-order valence-corrected chi connectivity index (χ0v) is 24.5. The fraction of sp³-hybridized carbons (Fsp3) is 0.321. The second kappa shape index (κ2) is 13.1. The van der Waals surface area contributed by atoms with E-state index < -0.39 is 32.5 Å². The number of amides is 1. The zero-order valence-electron chi connectivity index (χ0n) is 22.1. The molecule has 1 amide bonds. The van der Waals surface area contributed by atoms with Gasteiger partial charge in [-0.3, -0.25) is 4.79 Å². The summed E-state index contributed by atoms with van der Waals surface area (Å²) in [6.45, 7) is 0.879. The lowest BCUT2D eigenvalue weighted by Crippen LogP contribution is -2.41. The van der Waals surface area contributed by atoms with Gasteiger partial charge in [0.15, 0.2) is 0 Å². The molecule has 1 heterocycles. The quantitative estimate of drug-likeness (QED) is 0.337. The second-order valence-electron chi connectivity index (χ2n) is 9.41. The lowest BCUT2D eigenvalue weighted by molar-refractivity contribution is -0.121. The number of nitrogens with zero attached hydrogens (tertiary/aromatic N) is 2. The molecule has 0 aromatic heterocycles. The maximum atomic E-state index is 13.7. The Hall–Kier alpha value is -2.96. The van der Waals surface area contributed by atoms with Crippen LogP contribution < -0.4 is 10.1 Å². The van der Waals surface area contributed by atoms with Crippen LogP contribution in [0.4, 0.5) is 0 Å². The molecule has 1 aliphatic rings. The molecule has 1 saturated heterocycles. The van der Waals surface area contributed by atoms with E-state index in [9.17, 15) is 21.6 Å². The molecule has 3 aromatic carbocycles. The van der Waals surface area contributed by atoms with Crippen molar-refractivity contribution in [2.75, 3.05) is 33.3 Å². The van der Waals surface area contributed by atoms with Crippen molar-refractivity contribution in [1.29, 1.82) is 0 Å². The van der Waals surface area contributed by atoms with Crippen LogP contribution in [-0.2, 0) is 37.8 Å². The van der Waals surface area contributed by atoms with Crippen molar-refractivity contribution >= 4 is 37.6 Å². The molecule has 0 unspecified atom stereocenters. The van der Waals surface area contributed by atoms with Gasteiger partial charge in [-0.05, 0) is 60.7 Å². The number of carbonyl (C=O) groups is 1. The topological polar surface area (TPSA) is 113 Å². The van der Waals surface area contributed by atoms with E-state index in [0.29, 0.717) is 25.1 Å². The number of benzene rings is 3. The number of halogens is 1. The monoisotopic (exact) mass is 605 g/mol. The highest BCUT2D eigenvalue weighted by molar-refractivity contribution is 7.89. The van der Waals surface area contributed by atoms with Crippen LogP contribution in [0, 0.1) is 0 Å². The first kappa shape index (κ1) is 30.0. The molecule has 12 heteroatoms. The molecule has 0 saturated carbocycles. The van der Waals surface area contributed by atoms with Crippen molar-refractivity contribution in [2.24, 2.45) is 0 Å². The SMILES string of the molecule is COc1ccc(Cl)cc1S(=O)(=O)N(CC(=O)NCCc1ccc(S(=O)(=O)N2CCCC2)cc1)Cc1ccccc1. The highest BCUT2D eigenvalue weighted by Crippen LogP contribution is 2.30. The van der Waals surface area contributed by atoms with Crippen LogP contribution in [0.5, 0.6) is 5.75 Å². The van der Waals surface area contributed by atoms with Crippen molar-refractivity contribution in [3.8, 4) is 5.75 Å². The lowest BCUT2D eigenvalue weighted by Gasteiger charge is -2.23. The summed E-state index contributed by atoms with van der Waals surface area (Å²) in [6, 6.07) is 19.9. The summed E-state index contributed by atoms with van der Waals surface area (Å²) < 4.78 is 60.6. The molecule has 0 atom stereocenters. The van der Waals surface area contributed by atoms with E-state index in [1.807, 2.05) is 6.07 Å². The zero-order chi connectivity index (χ0) is 28.8. The van der Waals surface area contributed by atoms with Gasteiger partial charge >= 0.3 is 0 Å². The van der Waals surface area contributed by atoms with Crippen LogP contribution in [0.1, 0.15) is 24.0 Å². The third-order valence-electron chi connectivity index (χ3n) is 6.63. The van der Waals surface area contributed by atoms with Gasteiger partial charge in [0, 0.05) is 31.2 Å². The van der Waals surface area contributed by atoms with Gasteiger partial charge < -0.3 is 10.1 Å². The van der Waals surface area contributed by atoms with E-state index in [-0.39, 0.29) is 33.7 Å². The summed E-state index contributed by atoms with van der Waals surface area (Å²) in [6.07, 6.45) is 2.19. The third-order valence-corrected chi connectivity index (χ3v) is 10.6. The number of sulfonamides is 2. The Labute approximate surface area is 240 Å². The Kier molecular flexibility index (Phi) is 9.85. The van der Waals surface area contributed by atoms with E-state index in [2.05, 4.69) is 5.32 Å². The van der Waals surface area contributed by atoms with Gasteiger partial charge in [-0.2, -0.15) is 8.61 Å². The molecule has 0 aliphatic carbocycles. The minimum absolute atomic E-state index is 0.0286. The largest absolute Gasteiger partial charge is 0.495 e. The summed E-state index contributed by atoms with van der Waals surface area (Å²) in [5.74, 6) is -0.355. The van der Waals surface area contributed by atoms with E-state index in [1.165, 1.54) is 29.6 Å². The Morgan fingerprint density at radius 1 is 0.950 bits per heavy atom. The maximum Gasteiger partial charge on any atom is 0.247 e. The summed E-state index contributed by atoms with van der Waals surface area (Å²) >= 11 is 6.09. The number of ether oxygens (including phenoxy) is 1. The van der Waals surface area contributed by atoms with E-state index in [4.69, 9.17) is 16.3 Å². The van der Waals surface area contributed by atoms with Gasteiger partial charge in [0.2, 0.25) is 26.0 Å². The molecular weight excluding hydrogens is 574 g/mol. The molecule has 3 aromatic rings. The van der Waals surface area contributed by atoms with Crippen LogP contribution in [0.3, 0.4) is 0 Å². The summed E-state index contributed by atoms with van der Waals surface area (Å²) in [5, 5.41) is 3.00. The van der Waals surface area contributed by atoms with Crippen LogP contribution in [0.25, 0.3) is 0 Å². The second-order valence-corrected chi connectivity index (χ2v) is 13.7. The molecular formula is C28H32ClN3O6S2. The molecule has 0 radical (unpaired) electrons. The number of methoxy groups -OCH3 is 1. The number of hydrogen-bond donors (Lipinski definition) is 1. The molecule has 0 spiro atoms. The van der Waals surface area contributed by atoms with Gasteiger partial charge in [0.25, 0.3) is 0 Å². The molecule has 9 nitrogen and oxygen atoms in total. The lowest BCUT2D eigenvalue weighted by atomic mass is 10.1. The Balaban J connectivity index is 1.43. The first-order valence-electron chi connectivity index (χ1n) is 12.8. The van der Waals surface area contributed by atoms with Gasteiger partial charge in [-0.15, -0.1) is 0 Å². The van der Waals surface area contributed by atoms with Crippen molar-refractivity contribution in [3.05, 3.63) is 88.9 Å². The van der Waals surface area contributed by atoms with Gasteiger partial charge in [0.1, 0.15) is 10.6 Å². The molecule has 40 heavy (non-hydrogen) atoms. The molecule has 0 bridgehead atoms. The van der Waals surface area contributed by atoms with E-state index in [1.54, 1.807) is 48.5 Å². The average Bonchev–Trinajstić information content (AvgIpc) is 3.50. The Morgan fingerprint density at radius 2 is 1.62 bits per heavy atom. The predicted octanol–water partition coefficient (Wildman–Crippen LogP) is 3.68. The van der Waals surface area contributed by atoms with Gasteiger partial charge in [-0.25, -0.2) is 16.8 Å². The van der Waals surface area contributed by atoms with Crippen LogP contribution >= 0.6 is 11.6 Å². The summed E-state index contributed by atoms with van der Waals surface area (Å²) in [4.78, 5) is 13.0. The van der Waals surface area contributed by atoms with Gasteiger partial charge in [0.05, 0.1) is 18.6 Å². The molecule has 4 rings (SSSR count). The molecule has 1 aliphatic heterocycles. The molecule has 1 fully saturated rings. The smallest absolute Gasteiger partial charge is 0.247 e. The standard InChI is InChI=1S/C28H32ClN3O6S2/c1-38-26-14-11-24(29)19-27(26)40(36,37)32(20-23-7-3-2-4-8-23)21-28(33)30-16-15-22-9-12-25(13-10-22)39(34,35)31-17-5-6-18-31/h2-4,7-14,19H,5-6,15-18,20-21H2,1H3,(H,30,33). The molecule has 214 valence electrons. The minimum atomic E-state index is -4.16. The predicted molar refractivity (Wildman–Crippen MR) is 153 cm³/mol. The maximum absolute atomic E-state index is 13.7. The fourth-order valence-corrected chi connectivity index (χ4v) is 7.79. The van der Waals surface area contributed by atoms with E-state index in [0.717, 1.165) is 22.7 Å². The fourth-order valence-electron chi connectivity index (χ4n) is 4.47. The number of carbonyl (C=O) groups excluding carboxylic acids is 1. The third kappa shape index (κ3) is 7.21. The molecule has 1 N–H and O–H groups in total. The summed E-state index contributed by atoms with van der Waals surface area (Å²) in [7, 11) is -6.28. The van der Waals surface area contributed by atoms with Crippen molar-refractivity contribution < 1.29 is 26.4 Å². The minimum Gasteiger partial charge on any atom is -0.495 e.